The standard InChI is InChI=1S/C25H34BrN5O3/c1-34-12-11-30(15-17-5-4-10-29-9-3-2-6-22(17)29)25(33)18-13-23(32)31(16-18)24-20-8-7-19(26)14-21(20)27-28-24/h7-8,14,17-18,22H,2-6,9-13,15-16H2,1H3,(H,27,28)/t17-,18-,22+/m0/s1. The number of H-pyrrole nitrogens is 1. The molecule has 184 valence electrons. The molecule has 0 spiro atoms. The van der Waals surface area contributed by atoms with Crippen LogP contribution in [0.5, 0.6) is 0 Å². The monoisotopic (exact) mass is 531 g/mol. The number of benzene rings is 1. The number of hydrogen-bond acceptors (Lipinski definition) is 5. The van der Waals surface area contributed by atoms with Gasteiger partial charge in [-0.25, -0.2) is 0 Å². The van der Waals surface area contributed by atoms with Gasteiger partial charge in [-0.05, 0) is 62.9 Å². The molecule has 3 atom stereocenters. The minimum Gasteiger partial charge on any atom is -0.383 e. The molecule has 0 saturated carbocycles. The minimum atomic E-state index is -0.349. The van der Waals surface area contributed by atoms with Crippen LogP contribution in [0.2, 0.25) is 0 Å². The summed E-state index contributed by atoms with van der Waals surface area (Å²) in [5.41, 5.74) is 0.864. The van der Waals surface area contributed by atoms with Crippen molar-refractivity contribution in [3.05, 3.63) is 22.7 Å². The molecule has 4 heterocycles. The first-order chi connectivity index (χ1) is 16.5. The summed E-state index contributed by atoms with van der Waals surface area (Å²) in [4.78, 5) is 33.0. The van der Waals surface area contributed by atoms with Crippen molar-refractivity contribution in [1.82, 2.24) is 20.0 Å². The lowest BCUT2D eigenvalue weighted by molar-refractivity contribution is -0.137. The fourth-order valence-corrected chi connectivity index (χ4v) is 6.45. The van der Waals surface area contributed by atoms with E-state index < -0.39 is 0 Å². The Balaban J connectivity index is 1.31. The number of rotatable bonds is 7. The lowest BCUT2D eigenvalue weighted by Crippen LogP contribution is -2.52. The highest BCUT2D eigenvalue weighted by Gasteiger charge is 2.40. The number of carbonyl (C=O) groups excluding carboxylic acids is 2. The molecule has 34 heavy (non-hydrogen) atoms. The zero-order chi connectivity index (χ0) is 23.7. The lowest BCUT2D eigenvalue weighted by atomic mass is 9.83. The van der Waals surface area contributed by atoms with E-state index in [2.05, 4.69) is 31.0 Å². The molecule has 3 fully saturated rings. The van der Waals surface area contributed by atoms with Gasteiger partial charge in [0.25, 0.3) is 0 Å². The third-order valence-corrected chi connectivity index (χ3v) is 8.29. The van der Waals surface area contributed by atoms with Gasteiger partial charge in [0.1, 0.15) is 0 Å². The molecule has 8 nitrogen and oxygen atoms in total. The molecule has 5 rings (SSSR count). The third-order valence-electron chi connectivity index (χ3n) is 7.80. The zero-order valence-corrected chi connectivity index (χ0v) is 21.4. The number of fused-ring (bicyclic) bond motifs is 2. The number of halogens is 1. The van der Waals surface area contributed by atoms with E-state index in [1.165, 1.54) is 45.2 Å². The summed E-state index contributed by atoms with van der Waals surface area (Å²) in [6.07, 6.45) is 6.40. The Bertz CT molecular complexity index is 1040. The molecule has 1 aromatic carbocycles. The van der Waals surface area contributed by atoms with Crippen LogP contribution in [0.3, 0.4) is 0 Å². The van der Waals surface area contributed by atoms with E-state index in [0.29, 0.717) is 37.5 Å². The summed E-state index contributed by atoms with van der Waals surface area (Å²) >= 11 is 3.47. The van der Waals surface area contributed by atoms with Gasteiger partial charge in [-0.3, -0.25) is 19.6 Å². The Morgan fingerprint density at radius 2 is 2.12 bits per heavy atom. The Morgan fingerprint density at radius 3 is 2.97 bits per heavy atom. The molecule has 3 aliphatic heterocycles. The first-order valence-corrected chi connectivity index (χ1v) is 13.3. The average molecular weight is 532 g/mol. The van der Waals surface area contributed by atoms with Crippen LogP contribution in [0.15, 0.2) is 22.7 Å². The summed E-state index contributed by atoms with van der Waals surface area (Å²) in [5, 5.41) is 8.31. The molecule has 0 unspecified atom stereocenters. The van der Waals surface area contributed by atoms with Crippen LogP contribution in [0.25, 0.3) is 10.9 Å². The fourth-order valence-electron chi connectivity index (χ4n) is 6.09. The quantitative estimate of drug-likeness (QED) is 0.591. The highest BCUT2D eigenvalue weighted by atomic mass is 79.9. The molecule has 1 N–H and O–H groups in total. The third kappa shape index (κ3) is 4.75. The van der Waals surface area contributed by atoms with Gasteiger partial charge < -0.3 is 14.5 Å². The number of hydrogen-bond donors (Lipinski definition) is 1. The van der Waals surface area contributed by atoms with Crippen LogP contribution in [0, 0.1) is 11.8 Å². The molecule has 3 saturated heterocycles. The highest BCUT2D eigenvalue weighted by molar-refractivity contribution is 9.10. The molecule has 1 aromatic heterocycles. The summed E-state index contributed by atoms with van der Waals surface area (Å²) in [7, 11) is 1.67. The predicted molar refractivity (Wildman–Crippen MR) is 135 cm³/mol. The Labute approximate surface area is 209 Å². The van der Waals surface area contributed by atoms with Gasteiger partial charge in [-0.15, -0.1) is 0 Å². The summed E-state index contributed by atoms with van der Waals surface area (Å²) in [5.74, 6) is 0.784. The first-order valence-electron chi connectivity index (χ1n) is 12.5. The van der Waals surface area contributed by atoms with Crippen molar-refractivity contribution in [1.29, 1.82) is 0 Å². The van der Waals surface area contributed by atoms with E-state index in [1.54, 1.807) is 12.0 Å². The number of piperidine rings is 2. The normalized spacial score (nSPS) is 25.6. The molecule has 2 amide bonds. The van der Waals surface area contributed by atoms with Gasteiger partial charge in [-0.1, -0.05) is 22.4 Å². The number of methoxy groups -OCH3 is 1. The molecule has 9 heteroatoms. The lowest BCUT2D eigenvalue weighted by Gasteiger charge is -2.46. The number of nitrogens with zero attached hydrogens (tertiary/aromatic N) is 4. The van der Waals surface area contributed by atoms with Crippen LogP contribution >= 0.6 is 15.9 Å². The summed E-state index contributed by atoms with van der Waals surface area (Å²) < 4.78 is 6.29. The van der Waals surface area contributed by atoms with Crippen molar-refractivity contribution >= 4 is 44.5 Å². The van der Waals surface area contributed by atoms with Crippen LogP contribution in [0.1, 0.15) is 38.5 Å². The Kier molecular flexibility index (Phi) is 7.22. The number of amides is 2. The van der Waals surface area contributed by atoms with Gasteiger partial charge in [0.15, 0.2) is 5.82 Å². The molecular formula is C25H34BrN5O3. The average Bonchev–Trinajstić information content (AvgIpc) is 3.44. The molecular weight excluding hydrogens is 498 g/mol. The van der Waals surface area contributed by atoms with Gasteiger partial charge in [0, 0.05) is 49.1 Å². The van der Waals surface area contributed by atoms with Crippen molar-refractivity contribution in [2.24, 2.45) is 11.8 Å². The molecule has 2 aromatic rings. The van der Waals surface area contributed by atoms with Crippen LogP contribution in [-0.4, -0.2) is 84.3 Å². The number of ether oxygens (including phenoxy) is 1. The van der Waals surface area contributed by atoms with E-state index in [-0.39, 0.29) is 24.2 Å². The SMILES string of the molecule is COCCN(C[C@@H]1CCCN2CCCC[C@H]12)C(=O)[C@H]1CC(=O)N(c2n[nH]c3cc(Br)ccc23)C1. The van der Waals surface area contributed by atoms with Crippen molar-refractivity contribution in [2.45, 2.75) is 44.6 Å². The molecule has 3 aliphatic rings. The summed E-state index contributed by atoms with van der Waals surface area (Å²) in [6, 6.07) is 6.41. The number of anilines is 1. The van der Waals surface area contributed by atoms with Crippen molar-refractivity contribution in [3.8, 4) is 0 Å². The van der Waals surface area contributed by atoms with Crippen molar-refractivity contribution in [2.75, 3.05) is 51.3 Å². The number of aromatic amines is 1. The van der Waals surface area contributed by atoms with E-state index in [9.17, 15) is 9.59 Å². The summed E-state index contributed by atoms with van der Waals surface area (Å²) in [6.45, 7) is 4.59. The predicted octanol–water partition coefficient (Wildman–Crippen LogP) is 3.42. The molecule has 0 bridgehead atoms. The van der Waals surface area contributed by atoms with E-state index in [0.717, 1.165) is 21.9 Å². The van der Waals surface area contributed by atoms with E-state index in [4.69, 9.17) is 4.74 Å². The molecule has 0 aliphatic carbocycles. The number of nitrogens with one attached hydrogen (secondary N) is 1. The van der Waals surface area contributed by atoms with Crippen molar-refractivity contribution < 1.29 is 14.3 Å². The molecule has 0 radical (unpaired) electrons. The largest absolute Gasteiger partial charge is 0.383 e. The van der Waals surface area contributed by atoms with Gasteiger partial charge >= 0.3 is 0 Å². The van der Waals surface area contributed by atoms with Crippen LogP contribution < -0.4 is 4.90 Å². The Morgan fingerprint density at radius 1 is 1.26 bits per heavy atom. The maximum Gasteiger partial charge on any atom is 0.229 e. The van der Waals surface area contributed by atoms with E-state index in [1.807, 2.05) is 23.1 Å². The Hall–Kier alpha value is -1.97. The highest BCUT2D eigenvalue weighted by Crippen LogP contribution is 2.34. The van der Waals surface area contributed by atoms with Gasteiger partial charge in [0.2, 0.25) is 11.8 Å². The number of aromatic nitrogens is 2. The number of carbonyl (C=O) groups is 2. The second-order valence-electron chi connectivity index (χ2n) is 9.92. The zero-order valence-electron chi connectivity index (χ0n) is 19.8. The van der Waals surface area contributed by atoms with Crippen LogP contribution in [-0.2, 0) is 14.3 Å². The smallest absolute Gasteiger partial charge is 0.229 e. The maximum absolute atomic E-state index is 13.7. The first kappa shape index (κ1) is 23.8. The van der Waals surface area contributed by atoms with Crippen molar-refractivity contribution in [3.63, 3.8) is 0 Å². The van der Waals surface area contributed by atoms with Crippen LogP contribution in [0.4, 0.5) is 5.82 Å². The second-order valence-corrected chi connectivity index (χ2v) is 10.8. The minimum absolute atomic E-state index is 0.0440. The van der Waals surface area contributed by atoms with Gasteiger partial charge in [-0.2, -0.15) is 5.10 Å². The fraction of sp³-hybridized carbons (Fsp3) is 0.640. The maximum atomic E-state index is 13.7. The van der Waals surface area contributed by atoms with Gasteiger partial charge in [0.05, 0.1) is 18.0 Å². The topological polar surface area (TPSA) is 81.8 Å². The second kappa shape index (κ2) is 10.3. The van der Waals surface area contributed by atoms with E-state index >= 15 is 0 Å².